The van der Waals surface area contributed by atoms with E-state index in [1.807, 2.05) is 0 Å². The van der Waals surface area contributed by atoms with Crippen LogP contribution in [-0.4, -0.2) is 5.78 Å². The van der Waals surface area contributed by atoms with Gasteiger partial charge in [0, 0.05) is 12.2 Å². The smallest absolute Gasteiger partial charge is 0.160 e. The molecule has 0 spiro atoms. The van der Waals surface area contributed by atoms with E-state index in [0.717, 1.165) is 0 Å². The van der Waals surface area contributed by atoms with Crippen LogP contribution in [0.15, 0.2) is 34.6 Å². The average Bonchev–Trinajstić information content (AvgIpc) is 2.39. The lowest BCUT2D eigenvalue weighted by molar-refractivity contribution is -0.112. The van der Waals surface area contributed by atoms with Crippen LogP contribution in [0.5, 0.6) is 0 Å². The van der Waals surface area contributed by atoms with Crippen molar-refractivity contribution in [2.75, 3.05) is 0 Å². The number of hydrogen-bond acceptors (Lipinski definition) is 2. The molecule has 0 atom stereocenters. The quantitative estimate of drug-likeness (QED) is 0.474. The number of hydrogen-bond donors (Lipinski definition) is 0. The first-order valence-corrected chi connectivity index (χ1v) is 3.25. The second-order valence-electron chi connectivity index (χ2n) is 2.08. The molecule has 1 aromatic rings. The van der Waals surface area contributed by atoms with Crippen LogP contribution in [0.2, 0.25) is 0 Å². The van der Waals surface area contributed by atoms with Crippen LogP contribution in [-0.2, 0) is 4.79 Å². The Morgan fingerprint density at radius 3 is 3.09 bits per heavy atom. The third kappa shape index (κ3) is 2.70. The Morgan fingerprint density at radius 2 is 2.55 bits per heavy atom. The number of ketones is 1. The van der Waals surface area contributed by atoms with E-state index in [0.29, 0.717) is 5.76 Å². The molecular formula is C9H8O2. The van der Waals surface area contributed by atoms with Gasteiger partial charge in [-0.05, 0) is 19.1 Å². The number of furan rings is 1. The minimum Gasteiger partial charge on any atom is -0.464 e. The minimum absolute atomic E-state index is 0.0205. The van der Waals surface area contributed by atoms with E-state index in [-0.39, 0.29) is 5.78 Å². The molecule has 0 aromatic carbocycles. The lowest BCUT2D eigenvalue weighted by Crippen LogP contribution is -1.75. The summed E-state index contributed by atoms with van der Waals surface area (Å²) in [7, 11) is 0. The maximum atomic E-state index is 10.4. The number of carbonyl (C=O) groups excluding carboxylic acids is 1. The lowest BCUT2D eigenvalue weighted by Gasteiger charge is -1.75. The van der Waals surface area contributed by atoms with Crippen molar-refractivity contribution in [2.24, 2.45) is 0 Å². The summed E-state index contributed by atoms with van der Waals surface area (Å²) >= 11 is 0. The van der Waals surface area contributed by atoms with Gasteiger partial charge in [-0.1, -0.05) is 0 Å². The van der Waals surface area contributed by atoms with E-state index in [1.54, 1.807) is 24.5 Å². The van der Waals surface area contributed by atoms with Gasteiger partial charge >= 0.3 is 0 Å². The zero-order chi connectivity index (χ0) is 8.10. The first kappa shape index (κ1) is 7.58. The van der Waals surface area contributed by atoms with E-state index >= 15 is 0 Å². The fourth-order valence-electron chi connectivity index (χ4n) is 0.615. The van der Waals surface area contributed by atoms with Crippen LogP contribution in [0.1, 0.15) is 12.7 Å². The van der Waals surface area contributed by atoms with Gasteiger partial charge in [-0.25, -0.2) is 0 Å². The molecule has 0 saturated carbocycles. The highest BCUT2D eigenvalue weighted by Crippen LogP contribution is 2.00. The molecule has 2 nitrogen and oxygen atoms in total. The largest absolute Gasteiger partial charge is 0.464 e. The Labute approximate surface area is 64.8 Å². The summed E-state index contributed by atoms with van der Waals surface area (Å²) in [5.74, 6) is 0.676. The van der Waals surface area contributed by atoms with Gasteiger partial charge in [-0.3, -0.25) is 4.79 Å². The molecule has 1 rings (SSSR count). The first-order chi connectivity index (χ1) is 5.29. The normalized spacial score (nSPS) is 8.45. The molecule has 1 heterocycles. The SMILES string of the molecule is CC(=O)C=C=Cc1ccco1. The zero-order valence-corrected chi connectivity index (χ0v) is 6.20. The minimum atomic E-state index is -0.0205. The average molecular weight is 148 g/mol. The Balaban J connectivity index is 2.69. The molecule has 2 heteroatoms. The van der Waals surface area contributed by atoms with Crippen molar-refractivity contribution < 1.29 is 9.21 Å². The third-order valence-corrected chi connectivity index (χ3v) is 1.06. The number of rotatable bonds is 2. The van der Waals surface area contributed by atoms with Gasteiger partial charge in [0.2, 0.25) is 0 Å². The lowest BCUT2D eigenvalue weighted by atomic mass is 10.4. The first-order valence-electron chi connectivity index (χ1n) is 3.25. The van der Waals surface area contributed by atoms with E-state index in [9.17, 15) is 4.79 Å². The molecule has 0 bridgehead atoms. The van der Waals surface area contributed by atoms with Crippen LogP contribution in [0.4, 0.5) is 0 Å². The maximum absolute atomic E-state index is 10.4. The monoisotopic (exact) mass is 148 g/mol. The van der Waals surface area contributed by atoms with Gasteiger partial charge < -0.3 is 4.42 Å². The Bertz CT molecular complexity index is 287. The summed E-state index contributed by atoms with van der Waals surface area (Å²) in [6, 6.07) is 3.57. The molecule has 11 heavy (non-hydrogen) atoms. The highest BCUT2D eigenvalue weighted by Gasteiger charge is 1.84. The second-order valence-corrected chi connectivity index (χ2v) is 2.08. The Hall–Kier alpha value is -1.53. The standard InChI is InChI=1S/C9H8O2/c1-8(10)4-2-5-9-6-3-7-11-9/h3-7H,1H3. The van der Waals surface area contributed by atoms with E-state index in [1.165, 1.54) is 13.0 Å². The maximum Gasteiger partial charge on any atom is 0.160 e. The van der Waals surface area contributed by atoms with Gasteiger partial charge in [0.1, 0.15) is 5.76 Å². The van der Waals surface area contributed by atoms with Crippen molar-refractivity contribution in [3.8, 4) is 0 Å². The summed E-state index contributed by atoms with van der Waals surface area (Å²) in [6.45, 7) is 1.48. The molecule has 1 aromatic heterocycles. The highest BCUT2D eigenvalue weighted by atomic mass is 16.3. The van der Waals surface area contributed by atoms with Gasteiger partial charge in [-0.15, -0.1) is 5.73 Å². The van der Waals surface area contributed by atoms with Gasteiger partial charge in [0.05, 0.1) is 6.26 Å². The summed E-state index contributed by atoms with van der Waals surface area (Å²) in [5, 5.41) is 0. The molecule has 0 aliphatic heterocycles. The van der Waals surface area contributed by atoms with Crippen LogP contribution in [0.25, 0.3) is 6.08 Å². The predicted molar refractivity (Wildman–Crippen MR) is 41.9 cm³/mol. The predicted octanol–water partition coefficient (Wildman–Crippen LogP) is 2.04. The summed E-state index contributed by atoms with van der Waals surface area (Å²) < 4.78 is 4.97. The van der Waals surface area contributed by atoms with Crippen LogP contribution in [0, 0.1) is 0 Å². The molecule has 0 radical (unpaired) electrons. The molecule has 0 N–H and O–H groups in total. The fourth-order valence-corrected chi connectivity index (χ4v) is 0.615. The van der Waals surface area contributed by atoms with Crippen LogP contribution >= 0.6 is 0 Å². The Kier molecular flexibility index (Phi) is 2.47. The van der Waals surface area contributed by atoms with Gasteiger partial charge in [0.15, 0.2) is 5.78 Å². The van der Waals surface area contributed by atoms with Crippen molar-refractivity contribution in [2.45, 2.75) is 6.92 Å². The number of carbonyl (C=O) groups is 1. The van der Waals surface area contributed by atoms with Gasteiger partial charge in [0.25, 0.3) is 0 Å². The Morgan fingerprint density at radius 1 is 1.73 bits per heavy atom. The summed E-state index contributed by atoms with van der Waals surface area (Å²) in [4.78, 5) is 10.4. The second kappa shape index (κ2) is 3.59. The van der Waals surface area contributed by atoms with Crippen molar-refractivity contribution in [1.29, 1.82) is 0 Å². The van der Waals surface area contributed by atoms with Crippen molar-refractivity contribution in [3.05, 3.63) is 36.0 Å². The highest BCUT2D eigenvalue weighted by molar-refractivity contribution is 5.87. The van der Waals surface area contributed by atoms with Crippen LogP contribution in [0.3, 0.4) is 0 Å². The fraction of sp³-hybridized carbons (Fsp3) is 0.111. The van der Waals surface area contributed by atoms with Crippen LogP contribution < -0.4 is 0 Å². The van der Waals surface area contributed by atoms with E-state index in [2.05, 4.69) is 5.73 Å². The van der Waals surface area contributed by atoms with E-state index in [4.69, 9.17) is 4.42 Å². The number of allylic oxidation sites excluding steroid dienone is 1. The van der Waals surface area contributed by atoms with Gasteiger partial charge in [-0.2, -0.15) is 0 Å². The third-order valence-electron chi connectivity index (χ3n) is 1.06. The summed E-state index contributed by atoms with van der Waals surface area (Å²) in [6.07, 6.45) is 4.55. The van der Waals surface area contributed by atoms with Crippen molar-refractivity contribution in [1.82, 2.24) is 0 Å². The van der Waals surface area contributed by atoms with Crippen molar-refractivity contribution >= 4 is 11.9 Å². The topological polar surface area (TPSA) is 30.2 Å². The molecule has 0 fully saturated rings. The van der Waals surface area contributed by atoms with E-state index < -0.39 is 0 Å². The molecule has 56 valence electrons. The van der Waals surface area contributed by atoms with Crippen molar-refractivity contribution in [3.63, 3.8) is 0 Å². The summed E-state index contributed by atoms with van der Waals surface area (Å²) in [5.41, 5.74) is 2.69. The molecule has 0 saturated heterocycles. The molecule has 0 amide bonds. The molecule has 0 aliphatic rings. The molecule has 0 unspecified atom stereocenters. The molecule has 0 aliphatic carbocycles. The molecular weight excluding hydrogens is 140 g/mol. The zero-order valence-electron chi connectivity index (χ0n) is 6.20.